The largest absolute Gasteiger partial charge is 0.489 e. The number of ether oxygens (including phenoxy) is 2. The molecular weight excluding hydrogens is 466 g/mol. The van der Waals surface area contributed by atoms with E-state index in [2.05, 4.69) is 22.6 Å². The van der Waals surface area contributed by atoms with E-state index in [0.717, 1.165) is 46.9 Å². The van der Waals surface area contributed by atoms with Gasteiger partial charge in [-0.05, 0) is 68.5 Å². The molecule has 1 atom stereocenters. The third-order valence-electron chi connectivity index (χ3n) is 7.22. The molecule has 184 valence electrons. The van der Waals surface area contributed by atoms with Crippen LogP contribution >= 0.6 is 11.6 Å². The molecule has 8 heteroatoms. The van der Waals surface area contributed by atoms with Crippen LogP contribution in [0.5, 0.6) is 5.75 Å². The number of piperidine rings is 1. The van der Waals surface area contributed by atoms with Crippen LogP contribution in [0, 0.1) is 13.8 Å². The first-order valence-corrected chi connectivity index (χ1v) is 12.4. The molecule has 1 N–H and O–H groups in total. The number of benzene rings is 2. The SMILES string of the molecule is Cc1noc(NC(=O)N2CCC3(CC2)CC(c2ccc(OCc4ccc(Cl)cc4)cc2)CO3)c1C. The summed E-state index contributed by atoms with van der Waals surface area (Å²) in [4.78, 5) is 14.5. The minimum absolute atomic E-state index is 0.150. The van der Waals surface area contributed by atoms with Crippen LogP contribution in [0.15, 0.2) is 53.1 Å². The Morgan fingerprint density at radius 2 is 1.86 bits per heavy atom. The van der Waals surface area contributed by atoms with E-state index in [-0.39, 0.29) is 11.6 Å². The van der Waals surface area contributed by atoms with E-state index in [9.17, 15) is 4.79 Å². The molecule has 0 bridgehead atoms. The highest BCUT2D eigenvalue weighted by Gasteiger charge is 2.43. The number of likely N-dealkylation sites (tertiary alicyclic amines) is 1. The van der Waals surface area contributed by atoms with Crippen molar-refractivity contribution in [2.24, 2.45) is 0 Å². The molecule has 2 amide bonds. The number of amides is 2. The van der Waals surface area contributed by atoms with E-state index in [1.54, 1.807) is 0 Å². The minimum atomic E-state index is -0.163. The fraction of sp³-hybridized carbons (Fsp3) is 0.407. The van der Waals surface area contributed by atoms with Crippen LogP contribution in [0.25, 0.3) is 0 Å². The first-order valence-electron chi connectivity index (χ1n) is 12.0. The fourth-order valence-corrected chi connectivity index (χ4v) is 4.94. The summed E-state index contributed by atoms with van der Waals surface area (Å²) in [6, 6.07) is 15.8. The Hall–Kier alpha value is -3.03. The van der Waals surface area contributed by atoms with Crippen LogP contribution < -0.4 is 10.1 Å². The highest BCUT2D eigenvalue weighted by Crippen LogP contribution is 2.43. The molecule has 0 radical (unpaired) electrons. The van der Waals surface area contributed by atoms with Gasteiger partial charge in [0.15, 0.2) is 0 Å². The molecule has 2 saturated heterocycles. The molecule has 2 aliphatic heterocycles. The third kappa shape index (κ3) is 5.31. The van der Waals surface area contributed by atoms with Gasteiger partial charge in [0.1, 0.15) is 12.4 Å². The topological polar surface area (TPSA) is 76.8 Å². The van der Waals surface area contributed by atoms with Crippen molar-refractivity contribution in [3.8, 4) is 5.75 Å². The Balaban J connectivity index is 1.12. The van der Waals surface area contributed by atoms with Crippen molar-refractivity contribution in [3.63, 3.8) is 0 Å². The first kappa shape index (κ1) is 23.7. The molecule has 1 spiro atoms. The zero-order valence-electron chi connectivity index (χ0n) is 20.1. The molecule has 1 aromatic heterocycles. The first-order chi connectivity index (χ1) is 16.9. The van der Waals surface area contributed by atoms with Gasteiger partial charge in [-0.25, -0.2) is 4.79 Å². The number of rotatable bonds is 5. The summed E-state index contributed by atoms with van der Waals surface area (Å²) in [5.74, 6) is 1.61. The van der Waals surface area contributed by atoms with E-state index in [4.69, 9.17) is 25.6 Å². The molecular formula is C27H30ClN3O4. The number of anilines is 1. The Morgan fingerprint density at radius 1 is 1.14 bits per heavy atom. The monoisotopic (exact) mass is 495 g/mol. The fourth-order valence-electron chi connectivity index (χ4n) is 4.82. The van der Waals surface area contributed by atoms with Crippen molar-refractivity contribution in [1.29, 1.82) is 0 Å². The number of aromatic nitrogens is 1. The number of nitrogens with one attached hydrogen (secondary N) is 1. The molecule has 1 unspecified atom stereocenters. The number of halogens is 1. The second-order valence-corrected chi connectivity index (χ2v) is 9.95. The molecule has 0 saturated carbocycles. The quantitative estimate of drug-likeness (QED) is 0.463. The number of hydrogen-bond donors (Lipinski definition) is 1. The summed E-state index contributed by atoms with van der Waals surface area (Å²) >= 11 is 5.94. The highest BCUT2D eigenvalue weighted by molar-refractivity contribution is 6.30. The van der Waals surface area contributed by atoms with E-state index < -0.39 is 0 Å². The molecule has 2 fully saturated rings. The average molecular weight is 496 g/mol. The summed E-state index contributed by atoms with van der Waals surface area (Å²) in [7, 11) is 0. The molecule has 7 nitrogen and oxygen atoms in total. The number of urea groups is 1. The Kier molecular flexibility index (Phi) is 6.71. The second-order valence-electron chi connectivity index (χ2n) is 9.52. The maximum absolute atomic E-state index is 12.7. The van der Waals surface area contributed by atoms with Gasteiger partial charge < -0.3 is 18.9 Å². The second kappa shape index (κ2) is 9.91. The van der Waals surface area contributed by atoms with Gasteiger partial charge in [0.25, 0.3) is 0 Å². The summed E-state index contributed by atoms with van der Waals surface area (Å²) in [6.45, 7) is 6.26. The zero-order chi connectivity index (χ0) is 24.4. The molecule has 2 aromatic carbocycles. The van der Waals surface area contributed by atoms with Gasteiger partial charge in [-0.2, -0.15) is 0 Å². The van der Waals surface area contributed by atoms with Gasteiger partial charge in [0.05, 0.1) is 17.9 Å². The smallest absolute Gasteiger partial charge is 0.324 e. The van der Waals surface area contributed by atoms with Gasteiger partial charge in [0, 0.05) is 29.6 Å². The summed E-state index contributed by atoms with van der Waals surface area (Å²) in [5.41, 5.74) is 3.82. The van der Waals surface area contributed by atoms with Gasteiger partial charge in [0.2, 0.25) is 5.88 Å². The minimum Gasteiger partial charge on any atom is -0.489 e. The van der Waals surface area contributed by atoms with Crippen molar-refractivity contribution in [2.75, 3.05) is 25.0 Å². The van der Waals surface area contributed by atoms with Crippen LogP contribution in [0.4, 0.5) is 10.7 Å². The lowest BCUT2D eigenvalue weighted by Gasteiger charge is -2.38. The van der Waals surface area contributed by atoms with Gasteiger partial charge in [-0.15, -0.1) is 0 Å². The normalized spacial score (nSPS) is 19.2. The number of hydrogen-bond acceptors (Lipinski definition) is 5. The van der Waals surface area contributed by atoms with Crippen molar-refractivity contribution in [1.82, 2.24) is 10.1 Å². The zero-order valence-corrected chi connectivity index (χ0v) is 20.8. The average Bonchev–Trinajstić information content (AvgIpc) is 3.43. The molecule has 3 heterocycles. The van der Waals surface area contributed by atoms with Crippen molar-refractivity contribution in [2.45, 2.75) is 51.2 Å². The predicted molar refractivity (Wildman–Crippen MR) is 134 cm³/mol. The molecule has 35 heavy (non-hydrogen) atoms. The van der Waals surface area contributed by atoms with Crippen LogP contribution in [-0.4, -0.2) is 41.4 Å². The van der Waals surface area contributed by atoms with E-state index in [0.29, 0.717) is 38.1 Å². The van der Waals surface area contributed by atoms with Crippen LogP contribution in [-0.2, 0) is 11.3 Å². The predicted octanol–water partition coefficient (Wildman–Crippen LogP) is 6.09. The number of carbonyl (C=O) groups is 1. The Bertz CT molecular complexity index is 1170. The third-order valence-corrected chi connectivity index (χ3v) is 7.47. The molecule has 5 rings (SSSR count). The number of nitrogens with zero attached hydrogens (tertiary/aromatic N) is 2. The summed E-state index contributed by atoms with van der Waals surface area (Å²) in [6.07, 6.45) is 2.62. The van der Waals surface area contributed by atoms with Gasteiger partial charge >= 0.3 is 6.03 Å². The van der Waals surface area contributed by atoms with Crippen LogP contribution in [0.1, 0.15) is 47.6 Å². The summed E-state index contributed by atoms with van der Waals surface area (Å²) in [5, 5.41) is 7.47. The Morgan fingerprint density at radius 3 is 2.51 bits per heavy atom. The van der Waals surface area contributed by atoms with E-state index >= 15 is 0 Å². The van der Waals surface area contributed by atoms with Gasteiger partial charge in [-0.1, -0.05) is 41.0 Å². The van der Waals surface area contributed by atoms with E-state index in [1.807, 2.05) is 55.1 Å². The van der Waals surface area contributed by atoms with Crippen LogP contribution in [0.3, 0.4) is 0 Å². The van der Waals surface area contributed by atoms with Crippen molar-refractivity contribution < 1.29 is 18.8 Å². The lowest BCUT2D eigenvalue weighted by Crippen LogP contribution is -2.47. The summed E-state index contributed by atoms with van der Waals surface area (Å²) < 4.78 is 17.5. The maximum atomic E-state index is 12.7. The lowest BCUT2D eigenvalue weighted by atomic mass is 9.83. The van der Waals surface area contributed by atoms with Crippen molar-refractivity contribution in [3.05, 3.63) is 75.9 Å². The van der Waals surface area contributed by atoms with E-state index in [1.165, 1.54) is 5.56 Å². The number of carbonyl (C=O) groups excluding carboxylic acids is 1. The molecule has 0 aliphatic carbocycles. The lowest BCUT2D eigenvalue weighted by molar-refractivity contribution is -0.0355. The maximum Gasteiger partial charge on any atom is 0.324 e. The van der Waals surface area contributed by atoms with Crippen molar-refractivity contribution >= 4 is 23.5 Å². The van der Waals surface area contributed by atoms with Gasteiger partial charge in [-0.3, -0.25) is 5.32 Å². The highest BCUT2D eigenvalue weighted by atomic mass is 35.5. The van der Waals surface area contributed by atoms with Crippen LogP contribution in [0.2, 0.25) is 5.02 Å². The molecule has 3 aromatic rings. The molecule has 2 aliphatic rings. The Labute approximate surface area is 210 Å². The standard InChI is InChI=1S/C27H30ClN3O4/c1-18-19(2)30-35-25(18)29-26(32)31-13-11-27(12-14-31)15-22(17-34-27)21-5-9-24(10-6-21)33-16-20-3-7-23(28)8-4-20/h3-10,22H,11-17H2,1-2H3,(H,29,32). The number of aryl methyl sites for hydroxylation is 1.